The third-order valence-electron chi connectivity index (χ3n) is 3.14. The quantitative estimate of drug-likeness (QED) is 0.880. The lowest BCUT2D eigenvalue weighted by Gasteiger charge is -2.15. The molecule has 0 aromatic heterocycles. The average molecular weight is 254 g/mol. The van der Waals surface area contributed by atoms with Crippen LogP contribution in [0.2, 0.25) is 0 Å². The molecule has 1 unspecified atom stereocenters. The summed E-state index contributed by atoms with van der Waals surface area (Å²) in [6, 6.07) is 15.7. The van der Waals surface area contributed by atoms with Gasteiger partial charge in [-0.1, -0.05) is 54.1 Å². The van der Waals surface area contributed by atoms with Crippen molar-refractivity contribution in [3.05, 3.63) is 59.7 Å². The Hall–Kier alpha value is -2.13. The Balaban J connectivity index is 2.40. The second-order valence-electron chi connectivity index (χ2n) is 4.73. The van der Waals surface area contributed by atoms with Crippen molar-refractivity contribution in [1.29, 1.82) is 0 Å². The highest BCUT2D eigenvalue weighted by molar-refractivity contribution is 5.76. The molecule has 2 rings (SSSR count). The van der Waals surface area contributed by atoms with E-state index < -0.39 is 0 Å². The van der Waals surface area contributed by atoms with Crippen LogP contribution in [0.4, 0.5) is 0 Å². The van der Waals surface area contributed by atoms with Crippen LogP contribution in [0.5, 0.6) is 0 Å². The second-order valence-corrected chi connectivity index (χ2v) is 4.73. The minimum absolute atomic E-state index is 0.156. The van der Waals surface area contributed by atoms with Gasteiger partial charge in [0.25, 0.3) is 0 Å². The fourth-order valence-electron chi connectivity index (χ4n) is 2.14. The van der Waals surface area contributed by atoms with Crippen LogP contribution in [0.1, 0.15) is 23.6 Å². The van der Waals surface area contributed by atoms with Gasteiger partial charge in [0.05, 0.1) is 0 Å². The number of amides is 1. The lowest BCUT2D eigenvalue weighted by Crippen LogP contribution is -2.21. The molecule has 2 aromatic rings. The summed E-state index contributed by atoms with van der Waals surface area (Å²) in [6.07, 6.45) is 0.156. The van der Waals surface area contributed by atoms with E-state index in [-0.39, 0.29) is 18.4 Å². The lowest BCUT2D eigenvalue weighted by molar-refractivity contribution is -0.118. The van der Waals surface area contributed by atoms with Crippen LogP contribution in [-0.2, 0) is 4.79 Å². The molecule has 0 aliphatic rings. The van der Waals surface area contributed by atoms with E-state index in [0.29, 0.717) is 0 Å². The summed E-state index contributed by atoms with van der Waals surface area (Å²) >= 11 is 0. The molecule has 0 bridgehead atoms. The van der Waals surface area contributed by atoms with Gasteiger partial charge in [0, 0.05) is 12.5 Å². The molecule has 0 fully saturated rings. The fraction of sp³-hybridized carbons (Fsp3) is 0.188. The van der Waals surface area contributed by atoms with Gasteiger partial charge in [0.15, 0.2) is 0 Å². The maximum atomic E-state index is 11.0. The van der Waals surface area contributed by atoms with Gasteiger partial charge in [0.1, 0.15) is 0 Å². The second kappa shape index (κ2) is 5.67. The van der Waals surface area contributed by atoms with Crippen molar-refractivity contribution in [2.24, 2.45) is 11.5 Å². The predicted octanol–water partition coefficient (Wildman–Crippen LogP) is 2.54. The zero-order valence-electron chi connectivity index (χ0n) is 11.0. The van der Waals surface area contributed by atoms with Crippen molar-refractivity contribution in [3.8, 4) is 11.1 Å². The van der Waals surface area contributed by atoms with E-state index in [2.05, 4.69) is 31.2 Å². The molecule has 0 aliphatic heterocycles. The average Bonchev–Trinajstić information content (AvgIpc) is 2.39. The third-order valence-corrected chi connectivity index (χ3v) is 3.14. The number of aryl methyl sites for hydroxylation is 1. The Morgan fingerprint density at radius 3 is 2.37 bits per heavy atom. The molecule has 0 saturated carbocycles. The summed E-state index contributed by atoms with van der Waals surface area (Å²) in [6.45, 7) is 2.05. The summed E-state index contributed by atoms with van der Waals surface area (Å²) in [7, 11) is 0. The van der Waals surface area contributed by atoms with Gasteiger partial charge in [-0.2, -0.15) is 0 Å². The van der Waals surface area contributed by atoms with Crippen molar-refractivity contribution in [3.63, 3.8) is 0 Å². The van der Waals surface area contributed by atoms with E-state index in [9.17, 15) is 4.79 Å². The first-order valence-electron chi connectivity index (χ1n) is 6.28. The first-order chi connectivity index (χ1) is 9.08. The van der Waals surface area contributed by atoms with Crippen LogP contribution in [0.3, 0.4) is 0 Å². The van der Waals surface area contributed by atoms with Crippen LogP contribution in [0.25, 0.3) is 11.1 Å². The van der Waals surface area contributed by atoms with Crippen LogP contribution in [0.15, 0.2) is 48.5 Å². The molecule has 3 heteroatoms. The van der Waals surface area contributed by atoms with E-state index in [4.69, 9.17) is 11.5 Å². The number of hydrogen-bond donors (Lipinski definition) is 2. The Kier molecular flexibility index (Phi) is 3.97. The highest BCUT2D eigenvalue weighted by Crippen LogP contribution is 2.28. The number of nitrogens with two attached hydrogens (primary N) is 2. The molecule has 3 nitrogen and oxygen atoms in total. The van der Waals surface area contributed by atoms with Gasteiger partial charge in [0.2, 0.25) is 5.91 Å². The zero-order chi connectivity index (χ0) is 13.8. The molecular weight excluding hydrogens is 236 g/mol. The van der Waals surface area contributed by atoms with Gasteiger partial charge in [-0.05, 0) is 23.6 Å². The number of carbonyl (C=O) groups is 1. The van der Waals surface area contributed by atoms with Crippen molar-refractivity contribution in [2.75, 3.05) is 0 Å². The molecule has 0 saturated heterocycles. The van der Waals surface area contributed by atoms with Gasteiger partial charge in [-0.15, -0.1) is 0 Å². The third kappa shape index (κ3) is 3.20. The van der Waals surface area contributed by atoms with E-state index >= 15 is 0 Å². The number of carbonyl (C=O) groups excluding carboxylic acids is 1. The van der Waals surface area contributed by atoms with Crippen LogP contribution in [0, 0.1) is 6.92 Å². The predicted molar refractivity (Wildman–Crippen MR) is 77.4 cm³/mol. The Bertz CT molecular complexity index is 576. The maximum Gasteiger partial charge on any atom is 0.219 e. The minimum atomic E-state index is -0.383. The molecule has 0 aliphatic carbocycles. The fourth-order valence-corrected chi connectivity index (χ4v) is 2.14. The Labute approximate surface area is 113 Å². The number of hydrogen-bond acceptors (Lipinski definition) is 2. The molecule has 19 heavy (non-hydrogen) atoms. The number of rotatable bonds is 4. The monoisotopic (exact) mass is 254 g/mol. The van der Waals surface area contributed by atoms with E-state index in [1.54, 1.807) is 0 Å². The lowest BCUT2D eigenvalue weighted by atomic mass is 9.93. The topological polar surface area (TPSA) is 69.1 Å². The van der Waals surface area contributed by atoms with E-state index in [0.717, 1.165) is 16.7 Å². The molecule has 4 N–H and O–H groups in total. The van der Waals surface area contributed by atoms with Crippen molar-refractivity contribution in [1.82, 2.24) is 0 Å². The minimum Gasteiger partial charge on any atom is -0.370 e. The van der Waals surface area contributed by atoms with Gasteiger partial charge >= 0.3 is 0 Å². The van der Waals surface area contributed by atoms with Crippen LogP contribution < -0.4 is 11.5 Å². The zero-order valence-corrected chi connectivity index (χ0v) is 11.0. The maximum absolute atomic E-state index is 11.0. The SMILES string of the molecule is Cc1ccc(-c2ccccc2C(N)CC(N)=O)cc1. The summed E-state index contributed by atoms with van der Waals surface area (Å²) < 4.78 is 0. The van der Waals surface area contributed by atoms with Crippen molar-refractivity contribution in [2.45, 2.75) is 19.4 Å². The molecule has 0 radical (unpaired) electrons. The van der Waals surface area contributed by atoms with Gasteiger partial charge in [-0.3, -0.25) is 4.79 Å². The Morgan fingerprint density at radius 2 is 1.74 bits per heavy atom. The van der Waals surface area contributed by atoms with E-state index in [1.165, 1.54) is 5.56 Å². The summed E-state index contributed by atoms with van der Waals surface area (Å²) in [5.74, 6) is -0.383. The first-order valence-corrected chi connectivity index (χ1v) is 6.28. The summed E-state index contributed by atoms with van der Waals surface area (Å²) in [5.41, 5.74) is 15.6. The Morgan fingerprint density at radius 1 is 1.11 bits per heavy atom. The smallest absolute Gasteiger partial charge is 0.219 e. The van der Waals surface area contributed by atoms with Crippen LogP contribution in [-0.4, -0.2) is 5.91 Å². The molecule has 2 aromatic carbocycles. The standard InChI is InChI=1S/C16H18N2O/c1-11-6-8-12(9-7-11)13-4-2-3-5-14(13)15(17)10-16(18)19/h2-9,15H,10,17H2,1H3,(H2,18,19). The number of benzene rings is 2. The normalized spacial score (nSPS) is 12.1. The molecule has 98 valence electrons. The van der Waals surface area contributed by atoms with Crippen LogP contribution >= 0.6 is 0 Å². The molecule has 1 atom stereocenters. The number of primary amides is 1. The highest BCUT2D eigenvalue weighted by atomic mass is 16.1. The van der Waals surface area contributed by atoms with Gasteiger partial charge < -0.3 is 11.5 Å². The van der Waals surface area contributed by atoms with Crippen molar-refractivity contribution < 1.29 is 4.79 Å². The molecule has 1 amide bonds. The highest BCUT2D eigenvalue weighted by Gasteiger charge is 2.13. The molecule has 0 spiro atoms. The summed E-state index contributed by atoms with van der Waals surface area (Å²) in [4.78, 5) is 11.0. The summed E-state index contributed by atoms with van der Waals surface area (Å²) in [5, 5.41) is 0. The molecule has 0 heterocycles. The first kappa shape index (κ1) is 13.3. The largest absolute Gasteiger partial charge is 0.370 e. The van der Waals surface area contributed by atoms with E-state index in [1.807, 2.05) is 24.3 Å². The van der Waals surface area contributed by atoms with Crippen molar-refractivity contribution >= 4 is 5.91 Å². The van der Waals surface area contributed by atoms with Gasteiger partial charge in [-0.25, -0.2) is 0 Å². The molecular formula is C16H18N2O.